The molecule has 1 N–H and O–H groups in total. The zero-order chi connectivity index (χ0) is 17.8. The van der Waals surface area contributed by atoms with E-state index in [1.165, 1.54) is 0 Å². The van der Waals surface area contributed by atoms with Crippen LogP contribution in [0.1, 0.15) is 30.1 Å². The number of hydrogen-bond donors (Lipinski definition) is 1. The van der Waals surface area contributed by atoms with Gasteiger partial charge in [-0.3, -0.25) is 4.98 Å². The molecule has 7 heteroatoms. The summed E-state index contributed by atoms with van der Waals surface area (Å²) >= 11 is 0. The Labute approximate surface area is 152 Å². The molecule has 0 spiro atoms. The molecule has 0 amide bonds. The molecule has 1 fully saturated rings. The Morgan fingerprint density at radius 1 is 1.04 bits per heavy atom. The molecule has 1 aliphatic rings. The molecule has 3 aromatic heterocycles. The Morgan fingerprint density at radius 2 is 2.00 bits per heavy atom. The van der Waals surface area contributed by atoms with Crippen LogP contribution in [-0.2, 0) is 0 Å². The Hall–Kier alpha value is -3.09. The van der Waals surface area contributed by atoms with Gasteiger partial charge >= 0.3 is 0 Å². The number of hydrogen-bond acceptors (Lipinski definition) is 7. The molecule has 0 aliphatic carbocycles. The van der Waals surface area contributed by atoms with Crippen molar-refractivity contribution in [2.24, 2.45) is 0 Å². The first-order valence-corrected chi connectivity index (χ1v) is 8.81. The lowest BCUT2D eigenvalue weighted by Crippen LogP contribution is -2.35. The first-order valence-electron chi connectivity index (χ1n) is 8.81. The summed E-state index contributed by atoms with van der Waals surface area (Å²) in [4.78, 5) is 24.3. The summed E-state index contributed by atoms with van der Waals surface area (Å²) in [6, 6.07) is 7.75. The van der Waals surface area contributed by atoms with E-state index in [1.807, 2.05) is 37.4 Å². The predicted molar refractivity (Wildman–Crippen MR) is 101 cm³/mol. The molecule has 0 saturated carbocycles. The van der Waals surface area contributed by atoms with Gasteiger partial charge in [0.1, 0.15) is 23.8 Å². The summed E-state index contributed by atoms with van der Waals surface area (Å²) in [5, 5.41) is 3.16. The molecule has 26 heavy (non-hydrogen) atoms. The van der Waals surface area contributed by atoms with E-state index in [0.717, 1.165) is 49.0 Å². The van der Waals surface area contributed by atoms with Gasteiger partial charge in [0.15, 0.2) is 0 Å². The number of pyridine rings is 1. The third kappa shape index (κ3) is 3.77. The lowest BCUT2D eigenvalue weighted by molar-refractivity contribution is 0.497. The average Bonchev–Trinajstić information content (AvgIpc) is 2.69. The van der Waals surface area contributed by atoms with Crippen LogP contribution in [0.3, 0.4) is 0 Å². The molecule has 4 rings (SSSR count). The Bertz CT molecular complexity index is 851. The Morgan fingerprint density at radius 3 is 2.77 bits per heavy atom. The van der Waals surface area contributed by atoms with Gasteiger partial charge in [0.05, 0.1) is 18.1 Å². The van der Waals surface area contributed by atoms with Crippen molar-refractivity contribution in [3.8, 4) is 0 Å². The summed E-state index contributed by atoms with van der Waals surface area (Å²) in [5.41, 5.74) is 2.01. The van der Waals surface area contributed by atoms with Crippen molar-refractivity contribution in [2.75, 3.05) is 23.3 Å². The highest BCUT2D eigenvalue weighted by Gasteiger charge is 2.23. The van der Waals surface area contributed by atoms with Crippen LogP contribution in [0.15, 0.2) is 49.2 Å². The minimum Gasteiger partial charge on any atom is -0.356 e. The first kappa shape index (κ1) is 16.4. The SMILES string of the molecule is Cc1cc(N2CCC[C@H](c3cnc(Nc4ccccn4)cn3)C2)ncn1. The van der Waals surface area contributed by atoms with Crippen LogP contribution in [0.5, 0.6) is 0 Å². The maximum absolute atomic E-state index is 4.63. The topological polar surface area (TPSA) is 79.7 Å². The Kier molecular flexibility index (Phi) is 4.68. The number of piperidine rings is 1. The van der Waals surface area contributed by atoms with E-state index in [2.05, 4.69) is 35.1 Å². The van der Waals surface area contributed by atoms with Gasteiger partial charge in [-0.1, -0.05) is 6.07 Å². The highest BCUT2D eigenvalue weighted by atomic mass is 15.2. The number of nitrogens with zero attached hydrogens (tertiary/aromatic N) is 6. The minimum atomic E-state index is 0.357. The van der Waals surface area contributed by atoms with E-state index in [-0.39, 0.29) is 0 Å². The summed E-state index contributed by atoms with van der Waals surface area (Å²) < 4.78 is 0. The maximum Gasteiger partial charge on any atom is 0.150 e. The summed E-state index contributed by atoms with van der Waals surface area (Å²) in [6.07, 6.45) is 9.25. The van der Waals surface area contributed by atoms with E-state index in [0.29, 0.717) is 11.7 Å². The fraction of sp³-hybridized carbons (Fsp3) is 0.316. The average molecular weight is 347 g/mol. The molecule has 0 unspecified atom stereocenters. The third-order valence-electron chi connectivity index (χ3n) is 4.55. The van der Waals surface area contributed by atoms with E-state index < -0.39 is 0 Å². The molecule has 7 nitrogen and oxygen atoms in total. The van der Waals surface area contributed by atoms with Gasteiger partial charge in [-0.2, -0.15) is 0 Å². The van der Waals surface area contributed by atoms with Crippen LogP contribution in [-0.4, -0.2) is 38.0 Å². The summed E-state index contributed by atoms with van der Waals surface area (Å²) in [6.45, 7) is 3.91. The number of anilines is 3. The van der Waals surface area contributed by atoms with E-state index in [9.17, 15) is 0 Å². The number of aromatic nitrogens is 5. The van der Waals surface area contributed by atoms with Crippen LogP contribution in [0.2, 0.25) is 0 Å². The molecule has 4 heterocycles. The fourth-order valence-corrected chi connectivity index (χ4v) is 3.22. The lowest BCUT2D eigenvalue weighted by atomic mass is 9.95. The van der Waals surface area contributed by atoms with Crippen molar-refractivity contribution in [3.63, 3.8) is 0 Å². The standard InChI is InChI=1S/C19H21N7/c1-14-9-19(24-13-23-14)26-8-4-5-15(12-26)16-10-22-18(11-21-16)25-17-6-2-3-7-20-17/h2-3,6-7,9-11,13,15H,4-5,8,12H2,1H3,(H,20,22,25)/t15-/m0/s1. The second-order valence-electron chi connectivity index (χ2n) is 6.47. The van der Waals surface area contributed by atoms with Crippen LogP contribution in [0.25, 0.3) is 0 Å². The van der Waals surface area contributed by atoms with Gasteiger partial charge in [-0.25, -0.2) is 19.9 Å². The maximum atomic E-state index is 4.63. The second kappa shape index (κ2) is 7.43. The number of nitrogens with one attached hydrogen (secondary N) is 1. The molecule has 132 valence electrons. The third-order valence-corrected chi connectivity index (χ3v) is 4.55. The van der Waals surface area contributed by atoms with Crippen molar-refractivity contribution in [2.45, 2.75) is 25.7 Å². The molecule has 0 aromatic carbocycles. The van der Waals surface area contributed by atoms with Crippen LogP contribution >= 0.6 is 0 Å². The molecule has 3 aromatic rings. The van der Waals surface area contributed by atoms with Gasteiger partial charge in [-0.05, 0) is 31.9 Å². The highest BCUT2D eigenvalue weighted by Crippen LogP contribution is 2.28. The van der Waals surface area contributed by atoms with E-state index in [4.69, 9.17) is 0 Å². The quantitative estimate of drug-likeness (QED) is 0.777. The van der Waals surface area contributed by atoms with Crippen LogP contribution < -0.4 is 10.2 Å². The van der Waals surface area contributed by atoms with Crippen molar-refractivity contribution in [1.82, 2.24) is 24.9 Å². The van der Waals surface area contributed by atoms with E-state index in [1.54, 1.807) is 18.7 Å². The molecular formula is C19H21N7. The normalized spacial score (nSPS) is 17.1. The number of aryl methyl sites for hydroxylation is 1. The van der Waals surface area contributed by atoms with Gasteiger partial charge in [0, 0.05) is 37.0 Å². The molecule has 1 aliphatic heterocycles. The largest absolute Gasteiger partial charge is 0.356 e. The van der Waals surface area contributed by atoms with Crippen molar-refractivity contribution in [3.05, 3.63) is 60.6 Å². The van der Waals surface area contributed by atoms with Crippen LogP contribution in [0, 0.1) is 6.92 Å². The summed E-state index contributed by atoms with van der Waals surface area (Å²) in [5.74, 6) is 2.81. The van der Waals surface area contributed by atoms with Gasteiger partial charge in [-0.15, -0.1) is 0 Å². The monoisotopic (exact) mass is 347 g/mol. The molecule has 1 atom stereocenters. The lowest BCUT2D eigenvalue weighted by Gasteiger charge is -2.33. The second-order valence-corrected chi connectivity index (χ2v) is 6.47. The predicted octanol–water partition coefficient (Wildman–Crippen LogP) is 3.10. The van der Waals surface area contributed by atoms with Crippen molar-refractivity contribution < 1.29 is 0 Å². The summed E-state index contributed by atoms with van der Waals surface area (Å²) in [7, 11) is 0. The molecule has 0 bridgehead atoms. The smallest absolute Gasteiger partial charge is 0.150 e. The first-order chi connectivity index (χ1) is 12.8. The Balaban J connectivity index is 1.45. The molecular weight excluding hydrogens is 326 g/mol. The molecule has 1 saturated heterocycles. The zero-order valence-electron chi connectivity index (χ0n) is 14.7. The van der Waals surface area contributed by atoms with Gasteiger partial charge in [0.25, 0.3) is 0 Å². The molecule has 0 radical (unpaired) electrons. The van der Waals surface area contributed by atoms with Gasteiger partial charge < -0.3 is 10.2 Å². The minimum absolute atomic E-state index is 0.357. The van der Waals surface area contributed by atoms with Crippen molar-refractivity contribution in [1.29, 1.82) is 0 Å². The highest BCUT2D eigenvalue weighted by molar-refractivity contribution is 5.49. The zero-order valence-corrected chi connectivity index (χ0v) is 14.7. The van der Waals surface area contributed by atoms with Crippen LogP contribution in [0.4, 0.5) is 17.5 Å². The van der Waals surface area contributed by atoms with E-state index >= 15 is 0 Å². The number of rotatable bonds is 4. The van der Waals surface area contributed by atoms with Crippen molar-refractivity contribution >= 4 is 17.5 Å². The van der Waals surface area contributed by atoms with Gasteiger partial charge in [0.2, 0.25) is 0 Å². The fourth-order valence-electron chi connectivity index (χ4n) is 3.22.